The number of nitrogens with zero attached hydrogens (tertiary/aromatic N) is 1. The van der Waals surface area contributed by atoms with Crippen molar-refractivity contribution in [1.82, 2.24) is 14.9 Å². The van der Waals surface area contributed by atoms with Gasteiger partial charge >= 0.3 is 0 Å². The number of rotatable bonds is 11. The number of benzene rings is 2. The van der Waals surface area contributed by atoms with Crippen LogP contribution in [0.25, 0.3) is 0 Å². The first kappa shape index (κ1) is 24.7. The zero-order valence-corrected chi connectivity index (χ0v) is 19.3. The van der Waals surface area contributed by atoms with Crippen LogP contribution in [-0.2, 0) is 30.9 Å². The molecule has 0 saturated carbocycles. The van der Waals surface area contributed by atoms with Crippen LogP contribution in [0.5, 0.6) is 5.75 Å². The van der Waals surface area contributed by atoms with Crippen LogP contribution in [0.3, 0.4) is 0 Å². The maximum Gasteiger partial charge on any atom is 0.241 e. The molecule has 10 heteroatoms. The van der Waals surface area contributed by atoms with Crippen molar-refractivity contribution < 1.29 is 27.5 Å². The van der Waals surface area contributed by atoms with Gasteiger partial charge in [0.1, 0.15) is 5.75 Å². The maximum atomic E-state index is 12.9. The zero-order valence-electron chi connectivity index (χ0n) is 18.5. The van der Waals surface area contributed by atoms with Gasteiger partial charge in [0, 0.05) is 19.7 Å². The Morgan fingerprint density at radius 3 is 2.64 bits per heavy atom. The molecule has 2 aromatic rings. The lowest BCUT2D eigenvalue weighted by molar-refractivity contribution is -0.135. The van der Waals surface area contributed by atoms with Crippen LogP contribution in [0.1, 0.15) is 18.4 Å². The molecule has 1 heterocycles. The molecule has 9 nitrogen and oxygen atoms in total. The van der Waals surface area contributed by atoms with Gasteiger partial charge in [-0.2, -0.15) is 0 Å². The average Bonchev–Trinajstić information content (AvgIpc) is 3.35. The van der Waals surface area contributed by atoms with Gasteiger partial charge in [0.15, 0.2) is 0 Å². The van der Waals surface area contributed by atoms with Crippen LogP contribution < -0.4 is 14.8 Å². The third-order valence-electron chi connectivity index (χ3n) is 5.21. The second kappa shape index (κ2) is 11.8. The standard InChI is InChI=1S/C23H29N3O6S/c1-31-19-8-5-7-18(13-19)16-26(17-22(27)24-14-20-9-6-12-32-20)23(28)15-25-33(29,30)21-10-3-2-4-11-21/h2-5,7-8,10-11,13,20,25H,6,9,12,14-17H2,1H3,(H,24,27)/t20-/m0/s1. The molecule has 0 aromatic heterocycles. The van der Waals surface area contributed by atoms with E-state index in [1.807, 2.05) is 0 Å². The number of amides is 2. The summed E-state index contributed by atoms with van der Waals surface area (Å²) in [6.45, 7) is 0.496. The summed E-state index contributed by atoms with van der Waals surface area (Å²) in [5.41, 5.74) is 0.751. The predicted octanol–water partition coefficient (Wildman–Crippen LogP) is 1.30. The topological polar surface area (TPSA) is 114 Å². The van der Waals surface area contributed by atoms with Gasteiger partial charge in [0.2, 0.25) is 21.8 Å². The summed E-state index contributed by atoms with van der Waals surface area (Å²) in [6.07, 6.45) is 1.82. The third kappa shape index (κ3) is 7.55. The van der Waals surface area contributed by atoms with Crippen LogP contribution in [-0.4, -0.2) is 64.6 Å². The van der Waals surface area contributed by atoms with Crippen LogP contribution in [0.4, 0.5) is 0 Å². The lowest BCUT2D eigenvalue weighted by Crippen LogP contribution is -2.45. The summed E-state index contributed by atoms with van der Waals surface area (Å²) < 4.78 is 38.0. The molecular weight excluding hydrogens is 446 g/mol. The monoisotopic (exact) mass is 475 g/mol. The van der Waals surface area contributed by atoms with Gasteiger partial charge in [0.05, 0.1) is 31.2 Å². The van der Waals surface area contributed by atoms with E-state index in [9.17, 15) is 18.0 Å². The molecule has 2 aromatic carbocycles. The third-order valence-corrected chi connectivity index (χ3v) is 6.63. The number of carbonyl (C=O) groups excluding carboxylic acids is 2. The number of methoxy groups -OCH3 is 1. The summed E-state index contributed by atoms with van der Waals surface area (Å²) in [5, 5.41) is 2.80. The van der Waals surface area contributed by atoms with E-state index in [4.69, 9.17) is 9.47 Å². The SMILES string of the molecule is COc1cccc(CN(CC(=O)NC[C@@H]2CCCO2)C(=O)CNS(=O)(=O)c2ccccc2)c1. The normalized spacial score (nSPS) is 15.7. The van der Waals surface area contributed by atoms with Crippen molar-refractivity contribution in [3.05, 3.63) is 60.2 Å². The fourth-order valence-electron chi connectivity index (χ4n) is 3.44. The summed E-state index contributed by atoms with van der Waals surface area (Å²) in [7, 11) is -2.32. The smallest absolute Gasteiger partial charge is 0.241 e. The minimum absolute atomic E-state index is 0.0193. The minimum atomic E-state index is -3.86. The molecule has 1 atom stereocenters. The van der Waals surface area contributed by atoms with Crippen molar-refractivity contribution in [2.45, 2.75) is 30.4 Å². The summed E-state index contributed by atoms with van der Waals surface area (Å²) in [4.78, 5) is 26.8. The molecule has 33 heavy (non-hydrogen) atoms. The quantitative estimate of drug-likeness (QED) is 0.506. The van der Waals surface area contributed by atoms with Crippen molar-refractivity contribution in [2.24, 2.45) is 0 Å². The highest BCUT2D eigenvalue weighted by Gasteiger charge is 2.22. The van der Waals surface area contributed by atoms with Gasteiger partial charge in [-0.1, -0.05) is 30.3 Å². The number of ether oxygens (including phenoxy) is 2. The molecule has 178 valence electrons. The Kier molecular flexibility index (Phi) is 8.81. The molecule has 0 spiro atoms. The Morgan fingerprint density at radius 1 is 1.15 bits per heavy atom. The molecule has 0 radical (unpaired) electrons. The molecule has 1 fully saturated rings. The minimum Gasteiger partial charge on any atom is -0.497 e. The van der Waals surface area contributed by atoms with Crippen LogP contribution in [0, 0.1) is 0 Å². The second-order valence-corrected chi connectivity index (χ2v) is 9.44. The predicted molar refractivity (Wildman–Crippen MR) is 122 cm³/mol. The first-order valence-corrected chi connectivity index (χ1v) is 12.2. The molecule has 2 amide bonds. The highest BCUT2D eigenvalue weighted by atomic mass is 32.2. The van der Waals surface area contributed by atoms with Crippen molar-refractivity contribution >= 4 is 21.8 Å². The Morgan fingerprint density at radius 2 is 1.94 bits per heavy atom. The van der Waals surface area contributed by atoms with E-state index in [1.165, 1.54) is 17.0 Å². The van der Waals surface area contributed by atoms with E-state index >= 15 is 0 Å². The van der Waals surface area contributed by atoms with Gasteiger partial charge in [-0.25, -0.2) is 13.1 Å². The molecule has 1 saturated heterocycles. The fraction of sp³-hybridized carbons (Fsp3) is 0.391. The maximum absolute atomic E-state index is 12.9. The van der Waals surface area contributed by atoms with Crippen molar-refractivity contribution in [3.8, 4) is 5.75 Å². The number of nitrogens with one attached hydrogen (secondary N) is 2. The fourth-order valence-corrected chi connectivity index (χ4v) is 4.43. The van der Waals surface area contributed by atoms with Crippen molar-refractivity contribution in [3.63, 3.8) is 0 Å². The number of hydrogen-bond donors (Lipinski definition) is 2. The Hall–Kier alpha value is -2.95. The van der Waals surface area contributed by atoms with E-state index in [2.05, 4.69) is 10.0 Å². The van der Waals surface area contributed by atoms with Crippen LogP contribution in [0.15, 0.2) is 59.5 Å². The summed E-state index contributed by atoms with van der Waals surface area (Å²) in [6, 6.07) is 14.9. The molecular formula is C23H29N3O6S. The van der Waals surface area contributed by atoms with Crippen molar-refractivity contribution in [2.75, 3.05) is 33.4 Å². The Labute approximate surface area is 194 Å². The van der Waals surface area contributed by atoms with E-state index in [0.29, 0.717) is 18.9 Å². The molecule has 0 bridgehead atoms. The van der Waals surface area contributed by atoms with E-state index in [1.54, 1.807) is 49.6 Å². The largest absolute Gasteiger partial charge is 0.497 e. The lowest BCUT2D eigenvalue weighted by Gasteiger charge is -2.23. The van der Waals surface area contributed by atoms with Crippen LogP contribution in [0.2, 0.25) is 0 Å². The Balaban J connectivity index is 1.66. The van der Waals surface area contributed by atoms with Gasteiger partial charge in [-0.05, 0) is 42.7 Å². The zero-order chi connectivity index (χ0) is 23.7. The highest BCUT2D eigenvalue weighted by Crippen LogP contribution is 2.15. The van der Waals surface area contributed by atoms with Gasteiger partial charge in [0.25, 0.3) is 0 Å². The van der Waals surface area contributed by atoms with Gasteiger partial charge in [-0.15, -0.1) is 0 Å². The van der Waals surface area contributed by atoms with Gasteiger partial charge in [-0.3, -0.25) is 9.59 Å². The van der Waals surface area contributed by atoms with Gasteiger partial charge < -0.3 is 19.7 Å². The van der Waals surface area contributed by atoms with E-state index in [0.717, 1.165) is 18.4 Å². The van der Waals surface area contributed by atoms with E-state index in [-0.39, 0.29) is 30.0 Å². The summed E-state index contributed by atoms with van der Waals surface area (Å²) in [5.74, 6) is -0.246. The molecule has 3 rings (SSSR count). The first-order valence-electron chi connectivity index (χ1n) is 10.7. The number of sulfonamides is 1. The van der Waals surface area contributed by atoms with Crippen LogP contribution >= 0.6 is 0 Å². The Bertz CT molecular complexity index is 1040. The molecule has 1 aliphatic rings. The summed E-state index contributed by atoms with van der Waals surface area (Å²) >= 11 is 0. The molecule has 0 aliphatic carbocycles. The second-order valence-electron chi connectivity index (χ2n) is 7.68. The highest BCUT2D eigenvalue weighted by molar-refractivity contribution is 7.89. The molecule has 1 aliphatic heterocycles. The van der Waals surface area contributed by atoms with E-state index < -0.39 is 22.5 Å². The lowest BCUT2D eigenvalue weighted by atomic mass is 10.2. The molecule has 2 N–H and O–H groups in total. The number of hydrogen-bond acceptors (Lipinski definition) is 6. The first-order chi connectivity index (χ1) is 15.9. The van der Waals surface area contributed by atoms with Crippen molar-refractivity contribution in [1.29, 1.82) is 0 Å². The average molecular weight is 476 g/mol. The molecule has 0 unspecified atom stereocenters. The number of carbonyl (C=O) groups is 2.